The van der Waals surface area contributed by atoms with Crippen molar-refractivity contribution in [2.75, 3.05) is 19.6 Å². The molecule has 4 heteroatoms. The van der Waals surface area contributed by atoms with Gasteiger partial charge in [0.15, 0.2) is 0 Å². The Morgan fingerprint density at radius 2 is 2.10 bits per heavy atom. The molecule has 1 aromatic heterocycles. The van der Waals surface area contributed by atoms with Crippen LogP contribution in [0.25, 0.3) is 0 Å². The van der Waals surface area contributed by atoms with E-state index in [1.54, 1.807) is 0 Å². The van der Waals surface area contributed by atoms with Crippen LogP contribution in [-0.4, -0.2) is 41.0 Å². The fourth-order valence-electron chi connectivity index (χ4n) is 3.68. The number of nitrogens with zero attached hydrogens (tertiary/aromatic N) is 2. The SMILES string of the molecule is Cc1cccc(CCNC(=O)C23CCCN2CCC3)n1. The highest BCUT2D eigenvalue weighted by Crippen LogP contribution is 2.38. The Morgan fingerprint density at radius 3 is 2.80 bits per heavy atom. The minimum atomic E-state index is -0.181. The van der Waals surface area contributed by atoms with Crippen molar-refractivity contribution in [2.45, 2.75) is 44.6 Å². The van der Waals surface area contributed by atoms with Gasteiger partial charge in [-0.3, -0.25) is 14.7 Å². The lowest BCUT2D eigenvalue weighted by atomic mass is 9.93. The molecule has 2 aliphatic rings. The molecule has 4 nitrogen and oxygen atoms in total. The van der Waals surface area contributed by atoms with Gasteiger partial charge in [0.2, 0.25) is 5.91 Å². The van der Waals surface area contributed by atoms with E-state index in [9.17, 15) is 4.79 Å². The van der Waals surface area contributed by atoms with Gasteiger partial charge in [0, 0.05) is 24.4 Å². The second-order valence-electron chi connectivity index (χ2n) is 6.00. The Morgan fingerprint density at radius 1 is 1.35 bits per heavy atom. The lowest BCUT2D eigenvalue weighted by Crippen LogP contribution is -2.52. The third-order valence-electron chi connectivity index (χ3n) is 4.68. The van der Waals surface area contributed by atoms with Crippen LogP contribution in [0, 0.1) is 6.92 Å². The van der Waals surface area contributed by atoms with Crippen LogP contribution in [0.2, 0.25) is 0 Å². The van der Waals surface area contributed by atoms with Gasteiger partial charge in [-0.05, 0) is 57.8 Å². The normalized spacial score (nSPS) is 20.9. The molecule has 0 aromatic carbocycles. The Bertz CT molecular complexity index is 490. The minimum Gasteiger partial charge on any atom is -0.354 e. The summed E-state index contributed by atoms with van der Waals surface area (Å²) in [6, 6.07) is 6.04. The van der Waals surface area contributed by atoms with E-state index in [2.05, 4.69) is 15.2 Å². The van der Waals surface area contributed by atoms with Crippen molar-refractivity contribution in [3.8, 4) is 0 Å². The molecule has 0 atom stereocenters. The summed E-state index contributed by atoms with van der Waals surface area (Å²) in [6.45, 7) is 4.86. The van der Waals surface area contributed by atoms with Crippen LogP contribution in [0.4, 0.5) is 0 Å². The third kappa shape index (κ3) is 2.44. The van der Waals surface area contributed by atoms with E-state index in [-0.39, 0.29) is 11.4 Å². The number of nitrogens with one attached hydrogen (secondary N) is 1. The second-order valence-corrected chi connectivity index (χ2v) is 6.00. The van der Waals surface area contributed by atoms with E-state index >= 15 is 0 Å². The number of rotatable bonds is 4. The molecule has 1 N–H and O–H groups in total. The molecule has 0 spiro atoms. The van der Waals surface area contributed by atoms with Gasteiger partial charge in [-0.15, -0.1) is 0 Å². The van der Waals surface area contributed by atoms with Crippen LogP contribution < -0.4 is 5.32 Å². The van der Waals surface area contributed by atoms with Crippen molar-refractivity contribution in [3.05, 3.63) is 29.6 Å². The summed E-state index contributed by atoms with van der Waals surface area (Å²) < 4.78 is 0. The van der Waals surface area contributed by atoms with E-state index in [1.807, 2.05) is 25.1 Å². The third-order valence-corrected chi connectivity index (χ3v) is 4.68. The highest BCUT2D eigenvalue weighted by Gasteiger charge is 2.49. The van der Waals surface area contributed by atoms with Crippen molar-refractivity contribution in [1.82, 2.24) is 15.2 Å². The van der Waals surface area contributed by atoms with Crippen LogP contribution in [0.5, 0.6) is 0 Å². The highest BCUT2D eigenvalue weighted by molar-refractivity contribution is 5.87. The molecule has 108 valence electrons. The van der Waals surface area contributed by atoms with Crippen molar-refractivity contribution >= 4 is 5.91 Å². The number of carbonyl (C=O) groups excluding carboxylic acids is 1. The van der Waals surface area contributed by atoms with Crippen molar-refractivity contribution in [2.24, 2.45) is 0 Å². The first-order chi connectivity index (χ1) is 9.71. The Kier molecular flexibility index (Phi) is 3.74. The first kappa shape index (κ1) is 13.6. The lowest BCUT2D eigenvalue weighted by molar-refractivity contribution is -0.130. The first-order valence-electron chi connectivity index (χ1n) is 7.67. The number of amides is 1. The maximum absolute atomic E-state index is 12.5. The van der Waals surface area contributed by atoms with Crippen molar-refractivity contribution in [3.63, 3.8) is 0 Å². The van der Waals surface area contributed by atoms with Crippen molar-refractivity contribution in [1.29, 1.82) is 0 Å². The average molecular weight is 273 g/mol. The zero-order chi connectivity index (χ0) is 14.0. The summed E-state index contributed by atoms with van der Waals surface area (Å²) in [5.41, 5.74) is 1.91. The van der Waals surface area contributed by atoms with Gasteiger partial charge in [-0.1, -0.05) is 6.07 Å². The van der Waals surface area contributed by atoms with Gasteiger partial charge in [-0.2, -0.15) is 0 Å². The predicted octanol–water partition coefficient (Wildman–Crippen LogP) is 1.68. The summed E-state index contributed by atoms with van der Waals surface area (Å²) >= 11 is 0. The molecule has 2 fully saturated rings. The predicted molar refractivity (Wildman–Crippen MR) is 78.5 cm³/mol. The van der Waals surface area contributed by atoms with E-state index in [0.29, 0.717) is 6.54 Å². The molecule has 0 radical (unpaired) electrons. The van der Waals surface area contributed by atoms with Gasteiger partial charge >= 0.3 is 0 Å². The molecule has 0 unspecified atom stereocenters. The van der Waals surface area contributed by atoms with Crippen LogP contribution in [0.1, 0.15) is 37.1 Å². The van der Waals surface area contributed by atoms with Crippen LogP contribution in [0.15, 0.2) is 18.2 Å². The van der Waals surface area contributed by atoms with Gasteiger partial charge in [-0.25, -0.2) is 0 Å². The summed E-state index contributed by atoms with van der Waals surface area (Å²) in [6.07, 6.45) is 5.19. The standard InChI is InChI=1S/C16H23N3O/c1-13-5-2-6-14(18-13)7-10-17-15(20)16-8-3-11-19(16)12-4-9-16/h2,5-6H,3-4,7-12H2,1H3,(H,17,20). The number of carbonyl (C=O) groups is 1. The maximum atomic E-state index is 12.5. The quantitative estimate of drug-likeness (QED) is 0.908. The summed E-state index contributed by atoms with van der Waals surface area (Å²) in [4.78, 5) is 19.4. The Labute approximate surface area is 120 Å². The van der Waals surface area contributed by atoms with Gasteiger partial charge < -0.3 is 5.32 Å². The van der Waals surface area contributed by atoms with E-state index in [1.165, 1.54) is 0 Å². The summed E-state index contributed by atoms with van der Waals surface area (Å²) in [7, 11) is 0. The van der Waals surface area contributed by atoms with E-state index < -0.39 is 0 Å². The van der Waals surface area contributed by atoms with Gasteiger partial charge in [0.1, 0.15) is 5.54 Å². The fraction of sp³-hybridized carbons (Fsp3) is 0.625. The number of aromatic nitrogens is 1. The number of aryl methyl sites for hydroxylation is 1. The number of hydrogen-bond donors (Lipinski definition) is 1. The molecule has 2 saturated heterocycles. The largest absolute Gasteiger partial charge is 0.354 e. The Balaban J connectivity index is 1.55. The zero-order valence-electron chi connectivity index (χ0n) is 12.2. The van der Waals surface area contributed by atoms with Crippen LogP contribution in [-0.2, 0) is 11.2 Å². The maximum Gasteiger partial charge on any atom is 0.240 e. The number of hydrogen-bond acceptors (Lipinski definition) is 3. The fourth-order valence-corrected chi connectivity index (χ4v) is 3.68. The molecule has 0 saturated carbocycles. The number of pyridine rings is 1. The van der Waals surface area contributed by atoms with Gasteiger partial charge in [0.25, 0.3) is 0 Å². The molecule has 3 rings (SSSR count). The molecule has 1 aromatic rings. The summed E-state index contributed by atoms with van der Waals surface area (Å²) in [5, 5.41) is 3.13. The van der Waals surface area contributed by atoms with Crippen molar-refractivity contribution < 1.29 is 4.79 Å². The zero-order valence-corrected chi connectivity index (χ0v) is 12.2. The summed E-state index contributed by atoms with van der Waals surface area (Å²) in [5.74, 6) is 0.236. The van der Waals surface area contributed by atoms with Gasteiger partial charge in [0.05, 0.1) is 0 Å². The number of fused-ring (bicyclic) bond motifs is 1. The molecule has 2 aliphatic heterocycles. The molecule has 0 aliphatic carbocycles. The Hall–Kier alpha value is -1.42. The molecule has 1 amide bonds. The second kappa shape index (κ2) is 5.52. The molecule has 3 heterocycles. The molecule has 0 bridgehead atoms. The minimum absolute atomic E-state index is 0.181. The van der Waals surface area contributed by atoms with E-state index in [4.69, 9.17) is 0 Å². The van der Waals surface area contributed by atoms with E-state index in [0.717, 1.165) is 56.6 Å². The van der Waals surface area contributed by atoms with Crippen LogP contribution >= 0.6 is 0 Å². The molecular weight excluding hydrogens is 250 g/mol. The first-order valence-corrected chi connectivity index (χ1v) is 7.67. The molecule has 20 heavy (non-hydrogen) atoms. The van der Waals surface area contributed by atoms with Crippen LogP contribution in [0.3, 0.4) is 0 Å². The molecular formula is C16H23N3O. The lowest BCUT2D eigenvalue weighted by Gasteiger charge is -2.30. The average Bonchev–Trinajstić information content (AvgIpc) is 2.98. The topological polar surface area (TPSA) is 45.2 Å². The highest BCUT2D eigenvalue weighted by atomic mass is 16.2. The monoisotopic (exact) mass is 273 g/mol. The smallest absolute Gasteiger partial charge is 0.240 e.